The topological polar surface area (TPSA) is 81.4 Å². The smallest absolute Gasteiger partial charge is 0.227 e. The predicted octanol–water partition coefficient (Wildman–Crippen LogP) is -0.313. The Bertz CT molecular complexity index is 338. The fraction of sp³-hybridized carbons (Fsp3) is 0.875. The lowest BCUT2D eigenvalue weighted by atomic mass is 9.92. The molecule has 0 unspecified atom stereocenters. The highest BCUT2D eigenvalue weighted by Gasteiger charge is 2.45. The molecule has 14 heavy (non-hydrogen) atoms. The fourth-order valence-corrected chi connectivity index (χ4v) is 2.82. The number of hydrogen-bond acceptors (Lipinski definition) is 4. The number of hydrogen-bond donors (Lipinski definition) is 1. The Morgan fingerprint density at radius 2 is 2.14 bits per heavy atom. The van der Waals surface area contributed by atoms with E-state index in [2.05, 4.69) is 0 Å². The first kappa shape index (κ1) is 11.4. The Labute approximate surface area is 84.0 Å². The number of nitrogens with zero attached hydrogens (tertiary/aromatic N) is 2. The van der Waals surface area contributed by atoms with E-state index >= 15 is 0 Å². The van der Waals surface area contributed by atoms with E-state index in [1.54, 1.807) is 6.07 Å². The van der Waals surface area contributed by atoms with Crippen molar-refractivity contribution in [3.05, 3.63) is 0 Å². The van der Waals surface area contributed by atoms with Crippen molar-refractivity contribution >= 4 is 10.0 Å². The van der Waals surface area contributed by atoms with Crippen LogP contribution in [0.1, 0.15) is 19.8 Å². The Morgan fingerprint density at radius 1 is 1.57 bits per heavy atom. The molecule has 1 N–H and O–H groups in total. The van der Waals surface area contributed by atoms with Crippen molar-refractivity contribution in [2.24, 2.45) is 0 Å². The van der Waals surface area contributed by atoms with Crippen molar-refractivity contribution < 1.29 is 13.5 Å². The number of β-amino-alcohol motifs (C(OH)–C–C–N with tert-alkyl or cyclic N) is 1. The molecule has 0 aromatic carbocycles. The molecule has 1 rings (SSSR count). The lowest BCUT2D eigenvalue weighted by Crippen LogP contribution is -2.63. The number of nitriles is 1. The Kier molecular flexibility index (Phi) is 3.14. The third-order valence-electron chi connectivity index (χ3n) is 2.30. The molecule has 0 amide bonds. The van der Waals surface area contributed by atoms with E-state index in [9.17, 15) is 13.5 Å². The zero-order valence-electron chi connectivity index (χ0n) is 8.10. The molecular formula is C8H14N2O3S. The van der Waals surface area contributed by atoms with Crippen LogP contribution >= 0.6 is 0 Å². The van der Waals surface area contributed by atoms with E-state index in [1.807, 2.05) is 6.92 Å². The Morgan fingerprint density at radius 3 is 2.57 bits per heavy atom. The van der Waals surface area contributed by atoms with Crippen LogP contribution in [-0.4, -0.2) is 42.3 Å². The van der Waals surface area contributed by atoms with Crippen LogP contribution < -0.4 is 0 Å². The fourth-order valence-electron chi connectivity index (χ4n) is 1.60. The van der Waals surface area contributed by atoms with Crippen molar-refractivity contribution in [1.29, 1.82) is 5.26 Å². The van der Waals surface area contributed by atoms with Crippen molar-refractivity contribution in [2.75, 3.05) is 18.8 Å². The third-order valence-corrected chi connectivity index (χ3v) is 3.84. The minimum absolute atomic E-state index is 0.130. The van der Waals surface area contributed by atoms with Crippen molar-refractivity contribution in [3.63, 3.8) is 0 Å². The van der Waals surface area contributed by atoms with Gasteiger partial charge in [0.25, 0.3) is 0 Å². The van der Waals surface area contributed by atoms with Crippen LogP contribution in [-0.2, 0) is 10.0 Å². The first-order valence-corrected chi connectivity index (χ1v) is 6.11. The van der Waals surface area contributed by atoms with Gasteiger partial charge in [-0.25, -0.2) is 8.42 Å². The molecule has 1 heterocycles. The van der Waals surface area contributed by atoms with Crippen LogP contribution in [0.25, 0.3) is 0 Å². The predicted molar refractivity (Wildman–Crippen MR) is 50.8 cm³/mol. The van der Waals surface area contributed by atoms with Gasteiger partial charge in [0, 0.05) is 13.1 Å². The van der Waals surface area contributed by atoms with Gasteiger partial charge >= 0.3 is 0 Å². The van der Waals surface area contributed by atoms with Crippen LogP contribution in [0, 0.1) is 11.3 Å². The van der Waals surface area contributed by atoms with E-state index in [-0.39, 0.29) is 13.1 Å². The summed E-state index contributed by atoms with van der Waals surface area (Å²) in [7, 11) is -3.45. The molecule has 6 heteroatoms. The van der Waals surface area contributed by atoms with Gasteiger partial charge in [-0.15, -0.1) is 0 Å². The number of aliphatic hydroxyl groups is 1. The van der Waals surface area contributed by atoms with E-state index in [1.165, 1.54) is 0 Å². The van der Waals surface area contributed by atoms with Gasteiger partial charge in [0.15, 0.2) is 5.75 Å². The largest absolute Gasteiger partial charge is 0.387 e. The number of sulfonamides is 1. The van der Waals surface area contributed by atoms with Crippen LogP contribution in [0.2, 0.25) is 0 Å². The zero-order chi connectivity index (χ0) is 10.8. The summed E-state index contributed by atoms with van der Waals surface area (Å²) in [5.41, 5.74) is -0.864. The van der Waals surface area contributed by atoms with Crippen molar-refractivity contribution in [2.45, 2.75) is 25.4 Å². The van der Waals surface area contributed by atoms with Gasteiger partial charge in [0.2, 0.25) is 10.0 Å². The molecule has 0 spiro atoms. The normalized spacial score (nSPS) is 21.2. The zero-order valence-corrected chi connectivity index (χ0v) is 8.92. The molecule has 0 atom stereocenters. The van der Waals surface area contributed by atoms with Gasteiger partial charge in [-0.2, -0.15) is 9.57 Å². The minimum Gasteiger partial charge on any atom is -0.387 e. The standard InChI is InChI=1S/C8H14N2O3S/c1-2-3-8(11)6-10(7-8)14(12,13)5-4-9/h11H,2-3,5-7H2,1H3. The van der Waals surface area contributed by atoms with E-state index < -0.39 is 21.4 Å². The maximum atomic E-state index is 11.3. The molecular weight excluding hydrogens is 204 g/mol. The second-order valence-electron chi connectivity index (χ2n) is 3.66. The molecule has 1 fully saturated rings. The third kappa shape index (κ3) is 2.23. The molecule has 0 radical (unpaired) electrons. The van der Waals surface area contributed by atoms with Gasteiger partial charge < -0.3 is 5.11 Å². The number of rotatable bonds is 4. The average molecular weight is 218 g/mol. The molecule has 1 aliphatic rings. The monoisotopic (exact) mass is 218 g/mol. The molecule has 80 valence electrons. The Balaban J connectivity index is 2.53. The summed E-state index contributed by atoms with van der Waals surface area (Å²) in [4.78, 5) is 0. The molecule has 5 nitrogen and oxygen atoms in total. The van der Waals surface area contributed by atoms with Gasteiger partial charge in [-0.05, 0) is 6.42 Å². The molecule has 1 aliphatic heterocycles. The van der Waals surface area contributed by atoms with Crippen LogP contribution in [0.15, 0.2) is 0 Å². The highest BCUT2D eigenvalue weighted by atomic mass is 32.2. The lowest BCUT2D eigenvalue weighted by molar-refractivity contribution is -0.0651. The molecule has 0 aromatic heterocycles. The molecule has 0 aromatic rings. The van der Waals surface area contributed by atoms with Crippen LogP contribution in [0.5, 0.6) is 0 Å². The highest BCUT2D eigenvalue weighted by molar-refractivity contribution is 7.89. The van der Waals surface area contributed by atoms with Gasteiger partial charge in [-0.1, -0.05) is 13.3 Å². The Hall–Kier alpha value is -0.640. The van der Waals surface area contributed by atoms with E-state index in [0.29, 0.717) is 6.42 Å². The van der Waals surface area contributed by atoms with Gasteiger partial charge in [0.1, 0.15) is 0 Å². The van der Waals surface area contributed by atoms with Crippen molar-refractivity contribution in [1.82, 2.24) is 4.31 Å². The molecule has 1 saturated heterocycles. The summed E-state index contributed by atoms with van der Waals surface area (Å²) in [6, 6.07) is 1.61. The summed E-state index contributed by atoms with van der Waals surface area (Å²) in [5, 5.41) is 18.0. The summed E-state index contributed by atoms with van der Waals surface area (Å²) in [5.74, 6) is -0.505. The van der Waals surface area contributed by atoms with Crippen LogP contribution in [0.3, 0.4) is 0 Å². The maximum absolute atomic E-state index is 11.3. The van der Waals surface area contributed by atoms with Crippen molar-refractivity contribution in [3.8, 4) is 6.07 Å². The first-order valence-electron chi connectivity index (χ1n) is 4.51. The second-order valence-corrected chi connectivity index (χ2v) is 5.63. The second kappa shape index (κ2) is 3.85. The van der Waals surface area contributed by atoms with E-state index in [4.69, 9.17) is 5.26 Å². The summed E-state index contributed by atoms with van der Waals surface area (Å²) in [6.45, 7) is 2.19. The lowest BCUT2D eigenvalue weighted by Gasteiger charge is -2.45. The molecule has 0 aliphatic carbocycles. The van der Waals surface area contributed by atoms with E-state index in [0.717, 1.165) is 10.7 Å². The van der Waals surface area contributed by atoms with Crippen LogP contribution in [0.4, 0.5) is 0 Å². The SMILES string of the molecule is CCCC1(O)CN(S(=O)(=O)CC#N)C1. The summed E-state index contributed by atoms with van der Waals surface area (Å²) < 4.78 is 23.8. The highest BCUT2D eigenvalue weighted by Crippen LogP contribution is 2.28. The average Bonchev–Trinajstić information content (AvgIpc) is 2.00. The van der Waals surface area contributed by atoms with Gasteiger partial charge in [0.05, 0.1) is 11.7 Å². The maximum Gasteiger partial charge on any atom is 0.227 e. The minimum atomic E-state index is -3.45. The quantitative estimate of drug-likeness (QED) is 0.701. The van der Waals surface area contributed by atoms with Gasteiger partial charge in [-0.3, -0.25) is 0 Å². The molecule has 0 saturated carbocycles. The first-order chi connectivity index (χ1) is 6.43. The summed E-state index contributed by atoms with van der Waals surface area (Å²) >= 11 is 0. The molecule has 0 bridgehead atoms. The summed E-state index contributed by atoms with van der Waals surface area (Å²) in [6.07, 6.45) is 1.42.